The molecule has 0 bridgehead atoms. The molecule has 0 radical (unpaired) electrons. The van der Waals surface area contributed by atoms with Crippen LogP contribution >= 0.6 is 24.0 Å². The number of anilines is 1. The standard InChI is InChI=1S/C22H28N2O2S2/c1-4-7-10-15(6-3)14-24-21(26)19(28-22(24)27)18-16-11-8-9-12-17(16)23(13-5-2)20(18)25/h8-9,11-12,15H,4-7,10,13-14H2,1-3H3/b19-18+/t15-/m1/s1. The molecule has 0 unspecified atom stereocenters. The van der Waals surface area contributed by atoms with E-state index in [-0.39, 0.29) is 11.8 Å². The van der Waals surface area contributed by atoms with Crippen LogP contribution in [0.4, 0.5) is 5.69 Å². The van der Waals surface area contributed by atoms with Crippen LogP contribution in [0, 0.1) is 5.92 Å². The van der Waals surface area contributed by atoms with Crippen molar-refractivity contribution in [3.8, 4) is 0 Å². The summed E-state index contributed by atoms with van der Waals surface area (Å²) < 4.78 is 0.571. The molecule has 1 atom stereocenters. The van der Waals surface area contributed by atoms with Gasteiger partial charge in [0.05, 0.1) is 16.2 Å². The Morgan fingerprint density at radius 2 is 1.79 bits per heavy atom. The van der Waals surface area contributed by atoms with Crippen molar-refractivity contribution >= 4 is 51.4 Å². The van der Waals surface area contributed by atoms with E-state index >= 15 is 0 Å². The lowest BCUT2D eigenvalue weighted by molar-refractivity contribution is -0.123. The summed E-state index contributed by atoms with van der Waals surface area (Å²) in [5.74, 6) is 0.248. The SMILES string of the molecule is CCCC[C@@H](CC)CN1C(=O)/C(=C2\C(=O)N(CCC)c3ccccc32)SC1=S. The van der Waals surface area contributed by atoms with Crippen LogP contribution in [-0.4, -0.2) is 34.1 Å². The van der Waals surface area contributed by atoms with E-state index in [2.05, 4.69) is 20.8 Å². The average Bonchev–Trinajstić information content (AvgIpc) is 3.13. The number of benzene rings is 1. The maximum absolute atomic E-state index is 13.2. The molecule has 1 aromatic carbocycles. The molecule has 3 rings (SSSR count). The lowest BCUT2D eigenvalue weighted by atomic mass is 9.98. The van der Waals surface area contributed by atoms with Gasteiger partial charge in [-0.05, 0) is 24.8 Å². The van der Waals surface area contributed by atoms with Crippen molar-refractivity contribution in [3.05, 3.63) is 34.7 Å². The zero-order chi connectivity index (χ0) is 20.3. The quantitative estimate of drug-likeness (QED) is 0.430. The van der Waals surface area contributed by atoms with Gasteiger partial charge in [0.25, 0.3) is 11.8 Å². The van der Waals surface area contributed by atoms with Gasteiger partial charge in [-0.1, -0.05) is 82.2 Å². The molecule has 6 heteroatoms. The Hall–Kier alpha value is -1.66. The molecule has 1 fully saturated rings. The van der Waals surface area contributed by atoms with Crippen LogP contribution in [0.1, 0.15) is 58.4 Å². The zero-order valence-corrected chi connectivity index (χ0v) is 18.5. The van der Waals surface area contributed by atoms with E-state index in [1.165, 1.54) is 11.8 Å². The average molecular weight is 417 g/mol. The van der Waals surface area contributed by atoms with Crippen molar-refractivity contribution < 1.29 is 9.59 Å². The molecule has 2 aliphatic rings. The number of carbonyl (C=O) groups is 2. The predicted octanol–water partition coefficient (Wildman–Crippen LogP) is 5.23. The van der Waals surface area contributed by atoms with E-state index in [9.17, 15) is 9.59 Å². The number of unbranched alkanes of at least 4 members (excludes halogenated alkanes) is 1. The Morgan fingerprint density at radius 3 is 2.46 bits per heavy atom. The molecule has 4 nitrogen and oxygen atoms in total. The van der Waals surface area contributed by atoms with Gasteiger partial charge in [0.15, 0.2) is 0 Å². The number of thioether (sulfide) groups is 1. The first-order valence-electron chi connectivity index (χ1n) is 10.2. The molecular weight excluding hydrogens is 388 g/mol. The van der Waals surface area contributed by atoms with Gasteiger partial charge < -0.3 is 4.90 Å². The van der Waals surface area contributed by atoms with Crippen molar-refractivity contribution in [2.75, 3.05) is 18.0 Å². The third kappa shape index (κ3) is 3.90. The van der Waals surface area contributed by atoms with Crippen LogP contribution in [-0.2, 0) is 9.59 Å². The van der Waals surface area contributed by atoms with Crippen molar-refractivity contribution in [2.45, 2.75) is 52.9 Å². The Morgan fingerprint density at radius 1 is 1.04 bits per heavy atom. The van der Waals surface area contributed by atoms with Gasteiger partial charge in [-0.3, -0.25) is 14.5 Å². The maximum atomic E-state index is 13.2. The summed E-state index contributed by atoms with van der Waals surface area (Å²) >= 11 is 6.82. The molecule has 1 aromatic rings. The molecule has 0 spiro atoms. The smallest absolute Gasteiger partial charge is 0.267 e. The molecule has 0 aromatic heterocycles. The number of amides is 2. The van der Waals surface area contributed by atoms with E-state index in [1.807, 2.05) is 24.3 Å². The maximum Gasteiger partial charge on any atom is 0.267 e. The number of carbonyl (C=O) groups excluding carboxylic acids is 2. The molecule has 150 valence electrons. The molecule has 0 aliphatic carbocycles. The highest BCUT2D eigenvalue weighted by atomic mass is 32.2. The highest BCUT2D eigenvalue weighted by Crippen LogP contribution is 2.44. The van der Waals surface area contributed by atoms with Gasteiger partial charge in [0.1, 0.15) is 4.32 Å². The summed E-state index contributed by atoms with van der Waals surface area (Å²) in [7, 11) is 0. The minimum Gasteiger partial charge on any atom is -0.308 e. The van der Waals surface area contributed by atoms with E-state index in [1.54, 1.807) is 9.80 Å². The van der Waals surface area contributed by atoms with Gasteiger partial charge in [0, 0.05) is 18.7 Å². The third-order valence-corrected chi connectivity index (χ3v) is 6.88. The van der Waals surface area contributed by atoms with Crippen LogP contribution in [0.25, 0.3) is 5.57 Å². The fourth-order valence-electron chi connectivity index (χ4n) is 3.83. The van der Waals surface area contributed by atoms with E-state index in [0.29, 0.717) is 33.8 Å². The lowest BCUT2D eigenvalue weighted by Crippen LogP contribution is -2.33. The summed E-state index contributed by atoms with van der Waals surface area (Å²) in [6.45, 7) is 7.69. The van der Waals surface area contributed by atoms with Crippen molar-refractivity contribution in [3.63, 3.8) is 0 Å². The summed E-state index contributed by atoms with van der Waals surface area (Å²) in [4.78, 5) is 30.4. The van der Waals surface area contributed by atoms with Gasteiger partial charge in [-0.2, -0.15) is 0 Å². The fourth-order valence-corrected chi connectivity index (χ4v) is 5.17. The number of hydrogen-bond acceptors (Lipinski definition) is 4. The van der Waals surface area contributed by atoms with E-state index < -0.39 is 0 Å². The van der Waals surface area contributed by atoms with Gasteiger partial charge in [-0.25, -0.2) is 0 Å². The Kier molecular flexibility index (Phi) is 6.94. The first-order valence-corrected chi connectivity index (χ1v) is 11.4. The van der Waals surface area contributed by atoms with Gasteiger partial charge in [0.2, 0.25) is 0 Å². The van der Waals surface area contributed by atoms with Crippen LogP contribution in [0.2, 0.25) is 0 Å². The second-order valence-corrected chi connectivity index (χ2v) is 9.02. The Balaban J connectivity index is 1.93. The number of rotatable bonds is 8. The predicted molar refractivity (Wildman–Crippen MR) is 121 cm³/mol. The van der Waals surface area contributed by atoms with Crippen molar-refractivity contribution in [1.82, 2.24) is 4.90 Å². The molecule has 0 N–H and O–H groups in total. The van der Waals surface area contributed by atoms with Crippen LogP contribution in [0.3, 0.4) is 0 Å². The van der Waals surface area contributed by atoms with Gasteiger partial charge >= 0.3 is 0 Å². The van der Waals surface area contributed by atoms with Gasteiger partial charge in [-0.15, -0.1) is 0 Å². The normalized spacial score (nSPS) is 20.3. The molecule has 2 amide bonds. The van der Waals surface area contributed by atoms with Crippen LogP contribution < -0.4 is 4.90 Å². The molecule has 1 saturated heterocycles. The number of fused-ring (bicyclic) bond motifs is 1. The second-order valence-electron chi connectivity index (χ2n) is 7.38. The largest absolute Gasteiger partial charge is 0.308 e. The fraction of sp³-hybridized carbons (Fsp3) is 0.500. The zero-order valence-electron chi connectivity index (χ0n) is 16.9. The van der Waals surface area contributed by atoms with Crippen LogP contribution in [0.15, 0.2) is 29.2 Å². The van der Waals surface area contributed by atoms with E-state index in [0.717, 1.165) is 43.4 Å². The summed E-state index contributed by atoms with van der Waals surface area (Å²) in [6, 6.07) is 7.73. The van der Waals surface area contributed by atoms with E-state index in [4.69, 9.17) is 12.2 Å². The third-order valence-electron chi connectivity index (χ3n) is 5.43. The topological polar surface area (TPSA) is 40.6 Å². The van der Waals surface area contributed by atoms with Crippen molar-refractivity contribution in [2.24, 2.45) is 5.92 Å². The second kappa shape index (κ2) is 9.23. The monoisotopic (exact) mass is 416 g/mol. The minimum atomic E-state index is -0.110. The number of para-hydroxylation sites is 1. The summed E-state index contributed by atoms with van der Waals surface area (Å²) in [6.07, 6.45) is 5.30. The Bertz CT molecular complexity index is 819. The minimum absolute atomic E-state index is 0.0819. The first kappa shape index (κ1) is 21.1. The van der Waals surface area contributed by atoms with Crippen LogP contribution in [0.5, 0.6) is 0 Å². The molecular formula is C22H28N2O2S2. The summed E-state index contributed by atoms with van der Waals surface area (Å²) in [5, 5.41) is 0. The highest BCUT2D eigenvalue weighted by Gasteiger charge is 2.42. The number of nitrogens with zero attached hydrogens (tertiary/aromatic N) is 2. The molecule has 2 aliphatic heterocycles. The Labute approximate surface area is 177 Å². The lowest BCUT2D eigenvalue weighted by Gasteiger charge is -2.21. The number of hydrogen-bond donors (Lipinski definition) is 0. The number of thiocarbonyl (C=S) groups is 1. The first-order chi connectivity index (χ1) is 13.5. The molecule has 2 heterocycles. The summed E-state index contributed by atoms with van der Waals surface area (Å²) in [5.41, 5.74) is 2.26. The molecule has 28 heavy (non-hydrogen) atoms. The highest BCUT2D eigenvalue weighted by molar-refractivity contribution is 8.26. The van der Waals surface area contributed by atoms with Crippen molar-refractivity contribution in [1.29, 1.82) is 0 Å². The molecule has 0 saturated carbocycles.